The van der Waals surface area contributed by atoms with Crippen molar-refractivity contribution in [2.45, 2.75) is 33.1 Å². The van der Waals surface area contributed by atoms with Gasteiger partial charge in [-0.05, 0) is 49.4 Å². The van der Waals surface area contributed by atoms with E-state index in [1.807, 2.05) is 19.9 Å². The molecule has 0 unspecified atom stereocenters. The van der Waals surface area contributed by atoms with Crippen LogP contribution in [-0.4, -0.2) is 11.4 Å². The van der Waals surface area contributed by atoms with Crippen molar-refractivity contribution in [2.24, 2.45) is 0 Å². The normalized spacial score (nSPS) is 10.1. The highest BCUT2D eigenvalue weighted by molar-refractivity contribution is 5.49. The molecule has 0 amide bonds. The lowest BCUT2D eigenvalue weighted by molar-refractivity contribution is -0.107. The Kier molecular flexibility index (Phi) is 3.69. The van der Waals surface area contributed by atoms with E-state index in [1.54, 1.807) is 6.07 Å². The Hall–Kier alpha value is -1.31. The number of phenols is 1. The summed E-state index contributed by atoms with van der Waals surface area (Å²) in [4.78, 5) is 10.1. The van der Waals surface area contributed by atoms with Crippen LogP contribution in [0.15, 0.2) is 12.1 Å². The Morgan fingerprint density at radius 1 is 1.29 bits per heavy atom. The number of hydrogen-bond acceptors (Lipinski definition) is 2. The predicted molar refractivity (Wildman–Crippen MR) is 56.6 cm³/mol. The van der Waals surface area contributed by atoms with Crippen molar-refractivity contribution >= 4 is 6.29 Å². The van der Waals surface area contributed by atoms with Crippen molar-refractivity contribution in [3.05, 3.63) is 28.8 Å². The number of rotatable bonds is 4. The number of benzene rings is 1. The molecule has 0 bridgehead atoms. The molecule has 0 fully saturated rings. The van der Waals surface area contributed by atoms with Crippen molar-refractivity contribution in [3.8, 4) is 5.75 Å². The first-order chi connectivity index (χ1) is 6.65. The first-order valence-electron chi connectivity index (χ1n) is 4.88. The lowest BCUT2D eigenvalue weighted by Crippen LogP contribution is -1.90. The minimum Gasteiger partial charge on any atom is -0.508 e. The van der Waals surface area contributed by atoms with Gasteiger partial charge in [-0.3, -0.25) is 0 Å². The van der Waals surface area contributed by atoms with Gasteiger partial charge in [0.05, 0.1) is 0 Å². The van der Waals surface area contributed by atoms with Gasteiger partial charge in [-0.15, -0.1) is 0 Å². The molecule has 1 N–H and O–H groups in total. The monoisotopic (exact) mass is 192 g/mol. The minimum absolute atomic E-state index is 0.346. The Labute approximate surface area is 84.6 Å². The predicted octanol–water partition coefficient (Wildman–Crippen LogP) is 2.53. The Morgan fingerprint density at radius 2 is 1.93 bits per heavy atom. The van der Waals surface area contributed by atoms with Crippen LogP contribution in [0.2, 0.25) is 0 Å². The van der Waals surface area contributed by atoms with Crippen LogP contribution in [0, 0.1) is 13.8 Å². The maximum atomic E-state index is 10.1. The van der Waals surface area contributed by atoms with E-state index in [1.165, 1.54) is 5.56 Å². The number of aldehydes is 1. The summed E-state index contributed by atoms with van der Waals surface area (Å²) >= 11 is 0. The third kappa shape index (κ3) is 2.59. The van der Waals surface area contributed by atoms with E-state index in [2.05, 4.69) is 0 Å². The largest absolute Gasteiger partial charge is 0.508 e. The van der Waals surface area contributed by atoms with Gasteiger partial charge in [-0.1, -0.05) is 6.07 Å². The summed E-state index contributed by atoms with van der Waals surface area (Å²) in [6, 6.07) is 3.78. The van der Waals surface area contributed by atoms with E-state index in [9.17, 15) is 9.90 Å². The van der Waals surface area contributed by atoms with Gasteiger partial charge in [0.1, 0.15) is 12.0 Å². The van der Waals surface area contributed by atoms with Crippen molar-refractivity contribution in [3.63, 3.8) is 0 Å². The number of aryl methyl sites for hydroxylation is 3. The third-order valence-corrected chi connectivity index (χ3v) is 2.46. The van der Waals surface area contributed by atoms with Crippen LogP contribution >= 0.6 is 0 Å². The molecule has 0 radical (unpaired) electrons. The Balaban J connectivity index is 2.76. The number of aromatic hydroxyl groups is 1. The molecule has 0 spiro atoms. The quantitative estimate of drug-likeness (QED) is 0.588. The maximum Gasteiger partial charge on any atom is 0.120 e. The molecule has 0 aliphatic carbocycles. The highest BCUT2D eigenvalue weighted by atomic mass is 16.3. The molecule has 1 rings (SSSR count). The van der Waals surface area contributed by atoms with Crippen molar-refractivity contribution in [1.29, 1.82) is 0 Å². The van der Waals surface area contributed by atoms with Gasteiger partial charge in [-0.2, -0.15) is 0 Å². The summed E-state index contributed by atoms with van der Waals surface area (Å²) in [5.74, 6) is 0.346. The van der Waals surface area contributed by atoms with Crippen LogP contribution in [0.1, 0.15) is 29.5 Å². The van der Waals surface area contributed by atoms with Crippen LogP contribution in [-0.2, 0) is 11.2 Å². The first-order valence-corrected chi connectivity index (χ1v) is 4.88. The molecule has 2 heteroatoms. The molecule has 1 aromatic carbocycles. The molecule has 0 aromatic heterocycles. The van der Waals surface area contributed by atoms with E-state index in [0.29, 0.717) is 12.2 Å². The number of carbonyl (C=O) groups is 1. The van der Waals surface area contributed by atoms with Gasteiger partial charge in [0, 0.05) is 6.42 Å². The second kappa shape index (κ2) is 4.80. The molecule has 0 saturated carbocycles. The second-order valence-electron chi connectivity index (χ2n) is 3.62. The van der Waals surface area contributed by atoms with Crippen LogP contribution in [0.4, 0.5) is 0 Å². The third-order valence-electron chi connectivity index (χ3n) is 2.46. The lowest BCUT2D eigenvalue weighted by Gasteiger charge is -2.07. The van der Waals surface area contributed by atoms with Crippen LogP contribution in [0.25, 0.3) is 0 Å². The van der Waals surface area contributed by atoms with Gasteiger partial charge < -0.3 is 9.90 Å². The summed E-state index contributed by atoms with van der Waals surface area (Å²) in [5, 5.41) is 9.63. The number of hydrogen-bond donors (Lipinski definition) is 1. The SMILES string of the molecule is Cc1cc(O)c(CCCC=O)cc1C. The molecular weight excluding hydrogens is 176 g/mol. The number of unbranched alkanes of at least 4 members (excludes halogenated alkanes) is 1. The zero-order chi connectivity index (χ0) is 10.6. The van der Waals surface area contributed by atoms with Crippen LogP contribution in [0.5, 0.6) is 5.75 Å². The van der Waals surface area contributed by atoms with E-state index >= 15 is 0 Å². The minimum atomic E-state index is 0.346. The number of phenolic OH excluding ortho intramolecular Hbond substituents is 1. The summed E-state index contributed by atoms with van der Waals surface area (Å²) in [7, 11) is 0. The lowest BCUT2D eigenvalue weighted by atomic mass is 10.0. The molecule has 14 heavy (non-hydrogen) atoms. The standard InChI is InChI=1S/C12H16O2/c1-9-7-11(5-3-4-6-13)12(14)8-10(9)2/h6-8,14H,3-5H2,1-2H3. The van der Waals surface area contributed by atoms with Crippen molar-refractivity contribution in [1.82, 2.24) is 0 Å². The zero-order valence-electron chi connectivity index (χ0n) is 8.71. The van der Waals surface area contributed by atoms with Crippen LogP contribution < -0.4 is 0 Å². The average molecular weight is 192 g/mol. The van der Waals surface area contributed by atoms with Gasteiger partial charge in [-0.25, -0.2) is 0 Å². The highest BCUT2D eigenvalue weighted by Crippen LogP contribution is 2.23. The molecule has 0 heterocycles. The fourth-order valence-corrected chi connectivity index (χ4v) is 1.44. The molecule has 2 nitrogen and oxygen atoms in total. The molecule has 1 aromatic rings. The summed E-state index contributed by atoms with van der Waals surface area (Å²) in [6.07, 6.45) is 3.05. The van der Waals surface area contributed by atoms with Gasteiger partial charge in [0.15, 0.2) is 0 Å². The topological polar surface area (TPSA) is 37.3 Å². The average Bonchev–Trinajstić information content (AvgIpc) is 2.14. The number of carbonyl (C=O) groups excluding carboxylic acids is 1. The van der Waals surface area contributed by atoms with E-state index < -0.39 is 0 Å². The molecule has 0 saturated heterocycles. The Morgan fingerprint density at radius 3 is 2.57 bits per heavy atom. The van der Waals surface area contributed by atoms with E-state index in [-0.39, 0.29) is 0 Å². The van der Waals surface area contributed by atoms with E-state index in [0.717, 1.165) is 30.3 Å². The van der Waals surface area contributed by atoms with E-state index in [4.69, 9.17) is 0 Å². The summed E-state index contributed by atoms with van der Waals surface area (Å²) < 4.78 is 0. The molecule has 0 aliphatic heterocycles. The van der Waals surface area contributed by atoms with Crippen molar-refractivity contribution < 1.29 is 9.90 Å². The Bertz CT molecular complexity index is 329. The van der Waals surface area contributed by atoms with Crippen LogP contribution in [0.3, 0.4) is 0 Å². The molecule has 0 atom stereocenters. The maximum absolute atomic E-state index is 10.1. The smallest absolute Gasteiger partial charge is 0.120 e. The zero-order valence-corrected chi connectivity index (χ0v) is 8.71. The van der Waals surface area contributed by atoms with Gasteiger partial charge in [0.25, 0.3) is 0 Å². The molecular formula is C12H16O2. The summed E-state index contributed by atoms with van der Waals surface area (Å²) in [5.41, 5.74) is 3.22. The first kappa shape index (κ1) is 10.8. The molecule has 76 valence electrons. The highest BCUT2D eigenvalue weighted by Gasteiger charge is 2.03. The van der Waals surface area contributed by atoms with Gasteiger partial charge in [0.2, 0.25) is 0 Å². The fraction of sp³-hybridized carbons (Fsp3) is 0.417. The van der Waals surface area contributed by atoms with Gasteiger partial charge >= 0.3 is 0 Å². The molecule has 0 aliphatic rings. The fourth-order valence-electron chi connectivity index (χ4n) is 1.44. The second-order valence-corrected chi connectivity index (χ2v) is 3.62. The summed E-state index contributed by atoms with van der Waals surface area (Å²) in [6.45, 7) is 4.00. The van der Waals surface area contributed by atoms with Crippen molar-refractivity contribution in [2.75, 3.05) is 0 Å².